The molecule has 0 bridgehead atoms. The molecule has 8 heteroatoms. The van der Waals surface area contributed by atoms with Crippen LogP contribution in [-0.4, -0.2) is 21.6 Å². The van der Waals surface area contributed by atoms with Gasteiger partial charge >= 0.3 is 5.69 Å². The summed E-state index contributed by atoms with van der Waals surface area (Å²) in [5.41, 5.74) is -0.790. The molecule has 0 aliphatic rings. The molecule has 0 amide bonds. The molecular formula is C13H11F2N3O3. The van der Waals surface area contributed by atoms with E-state index in [9.17, 15) is 24.0 Å². The van der Waals surface area contributed by atoms with Crippen molar-refractivity contribution in [1.82, 2.24) is 4.98 Å². The predicted octanol–water partition coefficient (Wildman–Crippen LogP) is 2.41. The molecule has 1 aromatic carbocycles. The van der Waals surface area contributed by atoms with Crippen LogP contribution < -0.4 is 5.32 Å². The normalized spacial score (nSPS) is 12.0. The van der Waals surface area contributed by atoms with Crippen molar-refractivity contribution in [3.05, 3.63) is 63.8 Å². The quantitative estimate of drug-likeness (QED) is 0.653. The Morgan fingerprint density at radius 1 is 1.29 bits per heavy atom. The van der Waals surface area contributed by atoms with Gasteiger partial charge in [-0.1, -0.05) is 6.07 Å². The molecular weight excluding hydrogens is 284 g/mol. The summed E-state index contributed by atoms with van der Waals surface area (Å²) >= 11 is 0. The van der Waals surface area contributed by atoms with Gasteiger partial charge in [-0.05, 0) is 18.2 Å². The van der Waals surface area contributed by atoms with Crippen molar-refractivity contribution in [3.63, 3.8) is 0 Å². The van der Waals surface area contributed by atoms with Gasteiger partial charge in [0.25, 0.3) is 0 Å². The van der Waals surface area contributed by atoms with Crippen LogP contribution in [0.2, 0.25) is 0 Å². The highest BCUT2D eigenvalue weighted by Gasteiger charge is 2.20. The third kappa shape index (κ3) is 3.29. The van der Waals surface area contributed by atoms with Gasteiger partial charge in [-0.15, -0.1) is 0 Å². The predicted molar refractivity (Wildman–Crippen MR) is 70.7 cm³/mol. The lowest BCUT2D eigenvalue weighted by atomic mass is 10.1. The van der Waals surface area contributed by atoms with Crippen LogP contribution in [0.15, 0.2) is 36.5 Å². The van der Waals surface area contributed by atoms with E-state index in [1.54, 1.807) is 0 Å². The van der Waals surface area contributed by atoms with Gasteiger partial charge in [0.05, 0.1) is 10.5 Å². The summed E-state index contributed by atoms with van der Waals surface area (Å²) in [5.74, 6) is -1.86. The van der Waals surface area contributed by atoms with E-state index in [0.29, 0.717) is 0 Å². The van der Waals surface area contributed by atoms with E-state index in [4.69, 9.17) is 0 Å². The molecule has 6 nitrogen and oxygen atoms in total. The third-order valence-electron chi connectivity index (χ3n) is 2.78. The number of nitrogens with zero attached hydrogens (tertiary/aromatic N) is 2. The average molecular weight is 295 g/mol. The number of halogens is 2. The molecule has 0 saturated carbocycles. The van der Waals surface area contributed by atoms with Gasteiger partial charge in [0.1, 0.15) is 17.7 Å². The number of pyridine rings is 1. The lowest BCUT2D eigenvalue weighted by Crippen LogP contribution is -2.16. The molecule has 0 fully saturated rings. The Kier molecular flexibility index (Phi) is 4.39. The van der Waals surface area contributed by atoms with Crippen LogP contribution in [0, 0.1) is 21.7 Å². The van der Waals surface area contributed by atoms with Crippen LogP contribution in [0.25, 0.3) is 0 Å². The number of hydrogen-bond donors (Lipinski definition) is 2. The van der Waals surface area contributed by atoms with Crippen LogP contribution in [0.3, 0.4) is 0 Å². The van der Waals surface area contributed by atoms with E-state index in [1.165, 1.54) is 24.4 Å². The van der Waals surface area contributed by atoms with E-state index in [2.05, 4.69) is 10.3 Å². The van der Waals surface area contributed by atoms with E-state index >= 15 is 0 Å². The monoisotopic (exact) mass is 295 g/mol. The zero-order chi connectivity index (χ0) is 15.4. The number of rotatable bonds is 5. The van der Waals surface area contributed by atoms with Crippen LogP contribution in [0.5, 0.6) is 0 Å². The number of anilines is 1. The zero-order valence-corrected chi connectivity index (χ0v) is 10.7. The number of aliphatic hydroxyl groups is 1. The average Bonchev–Trinajstić information content (AvgIpc) is 2.45. The molecule has 0 aliphatic heterocycles. The number of aromatic nitrogens is 1. The minimum Gasteiger partial charge on any atom is -0.386 e. The van der Waals surface area contributed by atoms with Crippen molar-refractivity contribution in [1.29, 1.82) is 0 Å². The van der Waals surface area contributed by atoms with E-state index in [-0.39, 0.29) is 18.1 Å². The summed E-state index contributed by atoms with van der Waals surface area (Å²) in [6.45, 7) is -0.324. The molecule has 110 valence electrons. The summed E-state index contributed by atoms with van der Waals surface area (Å²) < 4.78 is 27.0. The van der Waals surface area contributed by atoms with Crippen molar-refractivity contribution >= 4 is 11.5 Å². The molecule has 2 aromatic rings. The van der Waals surface area contributed by atoms with Crippen LogP contribution in [0.1, 0.15) is 11.7 Å². The topological polar surface area (TPSA) is 88.3 Å². The molecule has 1 unspecified atom stereocenters. The number of aliphatic hydroxyl groups excluding tert-OH is 1. The highest BCUT2D eigenvalue weighted by atomic mass is 19.1. The summed E-state index contributed by atoms with van der Waals surface area (Å²) in [4.78, 5) is 13.9. The second-order valence-corrected chi connectivity index (χ2v) is 4.16. The van der Waals surface area contributed by atoms with Crippen molar-refractivity contribution in [3.8, 4) is 0 Å². The fourth-order valence-electron chi connectivity index (χ4n) is 1.80. The summed E-state index contributed by atoms with van der Waals surface area (Å²) in [5, 5.41) is 23.1. The van der Waals surface area contributed by atoms with Crippen molar-refractivity contribution in [2.45, 2.75) is 6.10 Å². The maximum absolute atomic E-state index is 13.5. The van der Waals surface area contributed by atoms with E-state index in [1.807, 2.05) is 0 Å². The Morgan fingerprint density at radius 3 is 2.57 bits per heavy atom. The van der Waals surface area contributed by atoms with Gasteiger partial charge in [0, 0.05) is 18.8 Å². The second kappa shape index (κ2) is 6.23. The van der Waals surface area contributed by atoms with Crippen molar-refractivity contribution in [2.24, 2.45) is 0 Å². The standard InChI is InChI=1S/C13H11F2N3O3/c14-8-3-1-4-9(15)12(8)11(19)7-17-13-10(18(20)21)5-2-6-16-13/h1-6,11,19H,7H2,(H,16,17). The van der Waals surface area contributed by atoms with Gasteiger partial charge in [-0.2, -0.15) is 0 Å². The van der Waals surface area contributed by atoms with E-state index in [0.717, 1.165) is 12.1 Å². The first-order valence-corrected chi connectivity index (χ1v) is 5.96. The summed E-state index contributed by atoms with van der Waals surface area (Å²) in [6, 6.07) is 5.83. The Bertz CT molecular complexity index is 647. The zero-order valence-electron chi connectivity index (χ0n) is 10.7. The first-order valence-electron chi connectivity index (χ1n) is 5.96. The molecule has 21 heavy (non-hydrogen) atoms. The minimum atomic E-state index is -1.51. The molecule has 1 aromatic heterocycles. The molecule has 1 heterocycles. The smallest absolute Gasteiger partial charge is 0.311 e. The van der Waals surface area contributed by atoms with Gasteiger partial charge in [-0.3, -0.25) is 10.1 Å². The lowest BCUT2D eigenvalue weighted by Gasteiger charge is -2.14. The SMILES string of the molecule is O=[N+]([O-])c1cccnc1NCC(O)c1c(F)cccc1F. The maximum atomic E-state index is 13.5. The first-order chi connectivity index (χ1) is 10.0. The largest absolute Gasteiger partial charge is 0.386 e. The Hall–Kier alpha value is -2.61. The minimum absolute atomic E-state index is 0.0849. The Labute approximate surface area is 118 Å². The Morgan fingerprint density at radius 2 is 1.95 bits per heavy atom. The molecule has 0 spiro atoms. The fraction of sp³-hybridized carbons (Fsp3) is 0.154. The first kappa shape index (κ1) is 14.8. The number of hydrogen-bond acceptors (Lipinski definition) is 5. The lowest BCUT2D eigenvalue weighted by molar-refractivity contribution is -0.384. The fourth-order valence-corrected chi connectivity index (χ4v) is 1.80. The summed E-state index contributed by atoms with van der Waals surface area (Å²) in [6.07, 6.45) is -0.182. The Balaban J connectivity index is 2.15. The maximum Gasteiger partial charge on any atom is 0.311 e. The highest BCUT2D eigenvalue weighted by Crippen LogP contribution is 2.24. The van der Waals surface area contributed by atoms with Crippen LogP contribution >= 0.6 is 0 Å². The molecule has 0 radical (unpaired) electrons. The molecule has 0 saturated heterocycles. The molecule has 1 atom stereocenters. The number of benzene rings is 1. The summed E-state index contributed by atoms with van der Waals surface area (Å²) in [7, 11) is 0. The van der Waals surface area contributed by atoms with E-state index < -0.39 is 28.2 Å². The number of nitrogens with one attached hydrogen (secondary N) is 1. The van der Waals surface area contributed by atoms with Crippen LogP contribution in [-0.2, 0) is 0 Å². The van der Waals surface area contributed by atoms with Crippen LogP contribution in [0.4, 0.5) is 20.3 Å². The van der Waals surface area contributed by atoms with Crippen molar-refractivity contribution < 1.29 is 18.8 Å². The third-order valence-corrected chi connectivity index (χ3v) is 2.78. The van der Waals surface area contributed by atoms with Gasteiger partial charge in [0.15, 0.2) is 0 Å². The van der Waals surface area contributed by atoms with Crippen molar-refractivity contribution in [2.75, 3.05) is 11.9 Å². The highest BCUT2D eigenvalue weighted by molar-refractivity contribution is 5.55. The molecule has 2 rings (SSSR count). The second-order valence-electron chi connectivity index (χ2n) is 4.16. The number of nitro groups is 1. The van der Waals surface area contributed by atoms with Gasteiger partial charge in [-0.25, -0.2) is 13.8 Å². The van der Waals surface area contributed by atoms with Gasteiger partial charge < -0.3 is 10.4 Å². The molecule has 0 aliphatic carbocycles. The van der Waals surface area contributed by atoms with Gasteiger partial charge in [0.2, 0.25) is 5.82 Å². The molecule has 2 N–H and O–H groups in total.